The molecule has 1 aliphatic heterocycles. The van der Waals surface area contributed by atoms with E-state index in [1.165, 1.54) is 0 Å². The summed E-state index contributed by atoms with van der Waals surface area (Å²) >= 11 is 3.36. The zero-order valence-corrected chi connectivity index (χ0v) is 16.7. The van der Waals surface area contributed by atoms with Crippen LogP contribution in [-0.4, -0.2) is 59.7 Å². The van der Waals surface area contributed by atoms with E-state index in [-0.39, 0.29) is 24.6 Å². The van der Waals surface area contributed by atoms with Gasteiger partial charge in [0, 0.05) is 30.1 Å². The van der Waals surface area contributed by atoms with E-state index in [1.807, 2.05) is 39.8 Å². The molecule has 7 heteroatoms. The van der Waals surface area contributed by atoms with Gasteiger partial charge in [-0.2, -0.15) is 0 Å². The zero-order chi connectivity index (χ0) is 18.6. The number of amides is 2. The van der Waals surface area contributed by atoms with Crippen molar-refractivity contribution in [2.24, 2.45) is 0 Å². The van der Waals surface area contributed by atoms with Crippen molar-refractivity contribution >= 4 is 27.9 Å². The van der Waals surface area contributed by atoms with Crippen molar-refractivity contribution in [3.63, 3.8) is 0 Å². The van der Waals surface area contributed by atoms with Crippen LogP contribution in [-0.2, 0) is 9.53 Å². The predicted octanol–water partition coefficient (Wildman–Crippen LogP) is 3.30. The number of halogens is 1. The van der Waals surface area contributed by atoms with E-state index in [0.717, 1.165) is 4.47 Å². The van der Waals surface area contributed by atoms with Crippen LogP contribution in [0.3, 0.4) is 0 Å². The summed E-state index contributed by atoms with van der Waals surface area (Å²) in [6, 6.07) is 7.26. The molecule has 1 aliphatic rings. The minimum Gasteiger partial charge on any atom is -0.484 e. The normalized spacial score (nSPS) is 18.0. The van der Waals surface area contributed by atoms with Gasteiger partial charge in [0.05, 0.1) is 0 Å². The topological polar surface area (TPSA) is 59.1 Å². The summed E-state index contributed by atoms with van der Waals surface area (Å²) in [5, 5.41) is 0. The van der Waals surface area contributed by atoms with Crippen molar-refractivity contribution in [1.82, 2.24) is 9.80 Å². The predicted molar refractivity (Wildman–Crippen MR) is 98.6 cm³/mol. The average Bonchev–Trinajstić information content (AvgIpc) is 2.52. The summed E-state index contributed by atoms with van der Waals surface area (Å²) in [4.78, 5) is 28.0. The highest BCUT2D eigenvalue weighted by atomic mass is 79.9. The SMILES string of the molecule is C[C@H]1CN(C(=O)OC(C)(C)C)CCN1C(=O)COc1ccc(Br)cc1. The van der Waals surface area contributed by atoms with Gasteiger partial charge in [-0.15, -0.1) is 0 Å². The second-order valence-corrected chi connectivity index (χ2v) is 8.02. The first-order valence-corrected chi connectivity index (χ1v) is 9.11. The molecule has 138 valence electrons. The summed E-state index contributed by atoms with van der Waals surface area (Å²) in [7, 11) is 0. The van der Waals surface area contributed by atoms with E-state index in [9.17, 15) is 9.59 Å². The van der Waals surface area contributed by atoms with Gasteiger partial charge in [0.25, 0.3) is 5.91 Å². The third kappa shape index (κ3) is 5.92. The molecule has 1 aromatic carbocycles. The third-order valence-corrected chi connectivity index (χ3v) is 4.30. The lowest BCUT2D eigenvalue weighted by Crippen LogP contribution is -2.56. The van der Waals surface area contributed by atoms with Gasteiger partial charge in [-0.1, -0.05) is 15.9 Å². The summed E-state index contributed by atoms with van der Waals surface area (Å²) in [5.41, 5.74) is -0.522. The maximum atomic E-state index is 12.4. The Morgan fingerprint density at radius 2 is 1.84 bits per heavy atom. The van der Waals surface area contributed by atoms with Crippen LogP contribution in [0, 0.1) is 0 Å². The van der Waals surface area contributed by atoms with Crippen molar-refractivity contribution in [3.8, 4) is 5.75 Å². The molecule has 1 heterocycles. The molecule has 0 spiro atoms. The highest BCUT2D eigenvalue weighted by Crippen LogP contribution is 2.18. The molecular formula is C18H25BrN2O4. The molecule has 0 bridgehead atoms. The Kier molecular flexibility index (Phi) is 6.32. The Hall–Kier alpha value is -1.76. The van der Waals surface area contributed by atoms with Crippen LogP contribution in [0.2, 0.25) is 0 Å². The fourth-order valence-corrected chi connectivity index (χ4v) is 2.84. The number of piperazine rings is 1. The lowest BCUT2D eigenvalue weighted by atomic mass is 10.2. The second-order valence-electron chi connectivity index (χ2n) is 7.11. The average molecular weight is 413 g/mol. The third-order valence-electron chi connectivity index (χ3n) is 3.78. The van der Waals surface area contributed by atoms with Gasteiger partial charge in [-0.05, 0) is 52.0 Å². The standard InChI is InChI=1S/C18H25BrN2O4/c1-13-11-20(17(23)25-18(2,3)4)9-10-21(13)16(22)12-24-15-7-5-14(19)6-8-15/h5-8,13H,9-12H2,1-4H3/t13-/m0/s1. The molecule has 0 aliphatic carbocycles. The maximum absolute atomic E-state index is 12.4. The number of nitrogens with zero attached hydrogens (tertiary/aromatic N) is 2. The molecule has 2 amide bonds. The van der Waals surface area contributed by atoms with Gasteiger partial charge in [-0.25, -0.2) is 4.79 Å². The van der Waals surface area contributed by atoms with Gasteiger partial charge in [0.2, 0.25) is 0 Å². The first kappa shape index (κ1) is 19.6. The second kappa shape index (κ2) is 8.08. The molecule has 0 saturated carbocycles. The highest BCUT2D eigenvalue weighted by Gasteiger charge is 2.32. The van der Waals surface area contributed by atoms with E-state index in [2.05, 4.69) is 15.9 Å². The molecule has 6 nitrogen and oxygen atoms in total. The number of rotatable bonds is 3. The Bertz CT molecular complexity index is 612. The van der Waals surface area contributed by atoms with Crippen LogP contribution in [0.1, 0.15) is 27.7 Å². The van der Waals surface area contributed by atoms with Crippen LogP contribution in [0.25, 0.3) is 0 Å². The van der Waals surface area contributed by atoms with Gasteiger partial charge in [0.1, 0.15) is 11.4 Å². The molecule has 25 heavy (non-hydrogen) atoms. The van der Waals surface area contributed by atoms with Crippen molar-refractivity contribution < 1.29 is 19.1 Å². The largest absolute Gasteiger partial charge is 0.484 e. The van der Waals surface area contributed by atoms with Crippen LogP contribution in [0.15, 0.2) is 28.7 Å². The monoisotopic (exact) mass is 412 g/mol. The first-order valence-electron chi connectivity index (χ1n) is 8.31. The molecule has 1 aromatic rings. The fourth-order valence-electron chi connectivity index (χ4n) is 2.58. The summed E-state index contributed by atoms with van der Waals surface area (Å²) < 4.78 is 11.9. The molecule has 1 fully saturated rings. The summed E-state index contributed by atoms with van der Waals surface area (Å²) in [5.74, 6) is 0.566. The summed E-state index contributed by atoms with van der Waals surface area (Å²) in [6.07, 6.45) is -0.336. The van der Waals surface area contributed by atoms with E-state index in [0.29, 0.717) is 25.4 Å². The van der Waals surface area contributed by atoms with Crippen LogP contribution >= 0.6 is 15.9 Å². The van der Waals surface area contributed by atoms with E-state index >= 15 is 0 Å². The quantitative estimate of drug-likeness (QED) is 0.763. The van der Waals surface area contributed by atoms with E-state index < -0.39 is 5.60 Å². The van der Waals surface area contributed by atoms with Crippen molar-refractivity contribution in [1.29, 1.82) is 0 Å². The van der Waals surface area contributed by atoms with E-state index in [1.54, 1.807) is 21.9 Å². The Morgan fingerprint density at radius 1 is 1.20 bits per heavy atom. The lowest BCUT2D eigenvalue weighted by molar-refractivity contribution is -0.137. The minimum absolute atomic E-state index is 0.0155. The lowest BCUT2D eigenvalue weighted by Gasteiger charge is -2.40. The summed E-state index contributed by atoms with van der Waals surface area (Å²) in [6.45, 7) is 8.83. The molecule has 2 rings (SSSR count). The van der Waals surface area contributed by atoms with Crippen molar-refractivity contribution in [2.45, 2.75) is 39.3 Å². The first-order chi connectivity index (χ1) is 11.7. The Labute approximate surface area is 157 Å². The fraction of sp³-hybridized carbons (Fsp3) is 0.556. The molecule has 0 radical (unpaired) electrons. The van der Waals surface area contributed by atoms with Crippen molar-refractivity contribution in [3.05, 3.63) is 28.7 Å². The molecule has 0 N–H and O–H groups in total. The molecule has 1 atom stereocenters. The number of carbonyl (C=O) groups is 2. The molecular weight excluding hydrogens is 388 g/mol. The van der Waals surface area contributed by atoms with Crippen LogP contribution in [0.4, 0.5) is 4.79 Å². The van der Waals surface area contributed by atoms with E-state index in [4.69, 9.17) is 9.47 Å². The smallest absolute Gasteiger partial charge is 0.410 e. The number of benzene rings is 1. The number of hydrogen-bond acceptors (Lipinski definition) is 4. The van der Waals surface area contributed by atoms with Gasteiger partial charge in [0.15, 0.2) is 6.61 Å². The molecule has 1 saturated heterocycles. The van der Waals surface area contributed by atoms with Crippen LogP contribution in [0.5, 0.6) is 5.75 Å². The molecule has 0 aromatic heterocycles. The molecule has 0 unspecified atom stereocenters. The number of ether oxygens (including phenoxy) is 2. The van der Waals surface area contributed by atoms with Gasteiger partial charge < -0.3 is 19.3 Å². The van der Waals surface area contributed by atoms with Crippen LogP contribution < -0.4 is 4.74 Å². The maximum Gasteiger partial charge on any atom is 0.410 e. The number of hydrogen-bond donors (Lipinski definition) is 0. The zero-order valence-electron chi connectivity index (χ0n) is 15.1. The minimum atomic E-state index is -0.522. The Balaban J connectivity index is 1.84. The van der Waals surface area contributed by atoms with Gasteiger partial charge in [-0.3, -0.25) is 4.79 Å². The van der Waals surface area contributed by atoms with Gasteiger partial charge >= 0.3 is 6.09 Å². The highest BCUT2D eigenvalue weighted by molar-refractivity contribution is 9.10. The van der Waals surface area contributed by atoms with Crippen molar-refractivity contribution in [2.75, 3.05) is 26.2 Å². The number of carbonyl (C=O) groups excluding carboxylic acids is 2. The Morgan fingerprint density at radius 3 is 2.40 bits per heavy atom.